The van der Waals surface area contributed by atoms with E-state index in [1.165, 1.54) is 0 Å². The Balaban J connectivity index is 1.85. The number of benzene rings is 2. The lowest BCUT2D eigenvalue weighted by molar-refractivity contribution is 0.471. The Labute approximate surface area is 147 Å². The van der Waals surface area contributed by atoms with Crippen LogP contribution in [0.25, 0.3) is 11.3 Å². The van der Waals surface area contributed by atoms with E-state index in [9.17, 15) is 5.11 Å². The zero-order chi connectivity index (χ0) is 17.8. The van der Waals surface area contributed by atoms with Crippen LogP contribution in [0.1, 0.15) is 23.9 Å². The van der Waals surface area contributed by atoms with Crippen LogP contribution in [0.2, 0.25) is 0 Å². The highest BCUT2D eigenvalue weighted by molar-refractivity contribution is 5.99. The van der Waals surface area contributed by atoms with E-state index in [-0.39, 0.29) is 5.75 Å². The third-order valence-electron chi connectivity index (χ3n) is 3.86. The number of nitrogens with zero attached hydrogens (tertiary/aromatic N) is 3. The number of aromatic hydroxyl groups is 1. The van der Waals surface area contributed by atoms with Crippen molar-refractivity contribution in [2.24, 2.45) is 5.10 Å². The molecule has 0 fully saturated rings. The number of hydrogen-bond acceptors (Lipinski definition) is 5. The molecule has 0 unspecified atom stereocenters. The smallest absolute Gasteiger partial charge is 0.150 e. The second kappa shape index (κ2) is 7.13. The summed E-state index contributed by atoms with van der Waals surface area (Å²) in [6.07, 6.45) is 0. The summed E-state index contributed by atoms with van der Waals surface area (Å²) in [5.74, 6) is 1.60. The fourth-order valence-corrected chi connectivity index (χ4v) is 2.47. The molecule has 0 bridgehead atoms. The highest BCUT2D eigenvalue weighted by Gasteiger charge is 2.05. The van der Waals surface area contributed by atoms with Crippen LogP contribution >= 0.6 is 0 Å². The molecule has 2 N–H and O–H groups in total. The number of phenols is 1. The average Bonchev–Trinajstić information content (AvgIpc) is 2.62. The van der Waals surface area contributed by atoms with Gasteiger partial charge in [-0.05, 0) is 50.1 Å². The molecule has 1 aromatic heterocycles. The standard InChI is InChI=1S/C20H20N4O/c1-13-11-17(9-10-19(13)25)14(2)23-24-20-12-18(21-15(3)22-20)16-7-5-4-6-8-16/h4-12,25H,1-3H3,(H,21,22,24). The van der Waals surface area contributed by atoms with Crippen molar-refractivity contribution in [1.82, 2.24) is 9.97 Å². The molecule has 5 heteroatoms. The lowest BCUT2D eigenvalue weighted by Gasteiger charge is -2.08. The maximum absolute atomic E-state index is 9.63. The van der Waals surface area contributed by atoms with Crippen LogP contribution in [0.3, 0.4) is 0 Å². The fourth-order valence-electron chi connectivity index (χ4n) is 2.47. The number of aromatic nitrogens is 2. The van der Waals surface area contributed by atoms with Gasteiger partial charge in [-0.3, -0.25) is 5.43 Å². The molecule has 0 aliphatic carbocycles. The number of hydrazone groups is 1. The first kappa shape index (κ1) is 16.6. The Bertz CT molecular complexity index is 920. The molecule has 1 heterocycles. The first-order valence-electron chi connectivity index (χ1n) is 8.04. The highest BCUT2D eigenvalue weighted by Crippen LogP contribution is 2.20. The van der Waals surface area contributed by atoms with Crippen LogP contribution in [0.15, 0.2) is 59.7 Å². The Morgan fingerprint density at radius 2 is 1.76 bits per heavy atom. The number of anilines is 1. The number of aryl methyl sites for hydroxylation is 2. The van der Waals surface area contributed by atoms with Crippen LogP contribution in [0.5, 0.6) is 5.75 Å². The Kier molecular flexibility index (Phi) is 4.75. The molecular weight excluding hydrogens is 312 g/mol. The predicted octanol–water partition coefficient (Wildman–Crippen LogP) is 4.30. The minimum Gasteiger partial charge on any atom is -0.508 e. The van der Waals surface area contributed by atoms with Crippen LogP contribution in [0.4, 0.5) is 5.82 Å². The largest absolute Gasteiger partial charge is 0.508 e. The Hall–Kier alpha value is -3.21. The maximum Gasteiger partial charge on any atom is 0.150 e. The number of hydrogen-bond donors (Lipinski definition) is 2. The van der Waals surface area contributed by atoms with E-state index in [1.807, 2.05) is 69.3 Å². The fraction of sp³-hybridized carbons (Fsp3) is 0.150. The highest BCUT2D eigenvalue weighted by atomic mass is 16.3. The third kappa shape index (κ3) is 4.01. The van der Waals surface area contributed by atoms with Crippen molar-refractivity contribution in [3.8, 4) is 17.0 Å². The summed E-state index contributed by atoms with van der Waals surface area (Å²) >= 11 is 0. The van der Waals surface area contributed by atoms with Crippen molar-refractivity contribution < 1.29 is 5.11 Å². The summed E-state index contributed by atoms with van der Waals surface area (Å²) in [6, 6.07) is 17.3. The van der Waals surface area contributed by atoms with Gasteiger partial charge in [-0.1, -0.05) is 30.3 Å². The zero-order valence-electron chi connectivity index (χ0n) is 14.5. The predicted molar refractivity (Wildman–Crippen MR) is 101 cm³/mol. The molecule has 3 aromatic rings. The van der Waals surface area contributed by atoms with Crippen LogP contribution in [-0.2, 0) is 0 Å². The second-order valence-corrected chi connectivity index (χ2v) is 5.86. The van der Waals surface area contributed by atoms with Gasteiger partial charge in [-0.15, -0.1) is 0 Å². The van der Waals surface area contributed by atoms with Gasteiger partial charge in [0.2, 0.25) is 0 Å². The Morgan fingerprint density at radius 1 is 1.00 bits per heavy atom. The summed E-state index contributed by atoms with van der Waals surface area (Å²) < 4.78 is 0. The van der Waals surface area contributed by atoms with Crippen molar-refractivity contribution in [2.45, 2.75) is 20.8 Å². The van der Waals surface area contributed by atoms with Crippen molar-refractivity contribution in [3.05, 3.63) is 71.5 Å². The third-order valence-corrected chi connectivity index (χ3v) is 3.86. The van der Waals surface area contributed by atoms with E-state index >= 15 is 0 Å². The molecule has 0 saturated heterocycles. The molecule has 0 amide bonds. The monoisotopic (exact) mass is 332 g/mol. The van der Waals surface area contributed by atoms with E-state index in [0.29, 0.717) is 11.6 Å². The molecule has 126 valence electrons. The molecule has 0 atom stereocenters. The molecule has 0 spiro atoms. The van der Waals surface area contributed by atoms with E-state index in [0.717, 1.165) is 28.1 Å². The van der Waals surface area contributed by atoms with Crippen LogP contribution in [-0.4, -0.2) is 20.8 Å². The molecule has 0 aliphatic rings. The van der Waals surface area contributed by atoms with Crippen molar-refractivity contribution >= 4 is 11.5 Å². The maximum atomic E-state index is 9.63. The first-order chi connectivity index (χ1) is 12.0. The van der Waals surface area contributed by atoms with Crippen molar-refractivity contribution in [3.63, 3.8) is 0 Å². The van der Waals surface area contributed by atoms with Gasteiger partial charge in [0.25, 0.3) is 0 Å². The van der Waals surface area contributed by atoms with E-state index in [4.69, 9.17) is 0 Å². The second-order valence-electron chi connectivity index (χ2n) is 5.86. The van der Waals surface area contributed by atoms with Gasteiger partial charge in [0, 0.05) is 11.6 Å². The molecular formula is C20H20N4O. The molecule has 2 aromatic carbocycles. The van der Waals surface area contributed by atoms with Gasteiger partial charge in [-0.2, -0.15) is 5.10 Å². The normalized spacial score (nSPS) is 11.4. The van der Waals surface area contributed by atoms with Crippen molar-refractivity contribution in [1.29, 1.82) is 0 Å². The van der Waals surface area contributed by atoms with E-state index < -0.39 is 0 Å². The van der Waals surface area contributed by atoms with Crippen molar-refractivity contribution in [2.75, 3.05) is 5.43 Å². The topological polar surface area (TPSA) is 70.4 Å². The first-order valence-corrected chi connectivity index (χ1v) is 8.04. The van der Waals surface area contributed by atoms with Gasteiger partial charge in [-0.25, -0.2) is 9.97 Å². The minimum absolute atomic E-state index is 0.281. The summed E-state index contributed by atoms with van der Waals surface area (Å²) in [5.41, 5.74) is 7.45. The molecule has 0 saturated carbocycles. The molecule has 25 heavy (non-hydrogen) atoms. The molecule has 5 nitrogen and oxygen atoms in total. The number of rotatable bonds is 4. The van der Waals surface area contributed by atoms with Crippen LogP contribution in [0, 0.1) is 13.8 Å². The lowest BCUT2D eigenvalue weighted by Crippen LogP contribution is -2.03. The average molecular weight is 332 g/mol. The zero-order valence-corrected chi connectivity index (χ0v) is 14.5. The van der Waals surface area contributed by atoms with Crippen LogP contribution < -0.4 is 5.43 Å². The summed E-state index contributed by atoms with van der Waals surface area (Å²) in [7, 11) is 0. The summed E-state index contributed by atoms with van der Waals surface area (Å²) in [6.45, 7) is 5.63. The molecule has 0 aliphatic heterocycles. The lowest BCUT2D eigenvalue weighted by atomic mass is 10.1. The van der Waals surface area contributed by atoms with Gasteiger partial charge in [0.15, 0.2) is 0 Å². The summed E-state index contributed by atoms with van der Waals surface area (Å²) in [4.78, 5) is 8.87. The number of phenolic OH excluding ortho intramolecular Hbond substituents is 1. The molecule has 0 radical (unpaired) electrons. The summed E-state index contributed by atoms with van der Waals surface area (Å²) in [5, 5.41) is 14.0. The van der Waals surface area contributed by atoms with Gasteiger partial charge >= 0.3 is 0 Å². The van der Waals surface area contributed by atoms with E-state index in [2.05, 4.69) is 20.5 Å². The quantitative estimate of drug-likeness (QED) is 0.552. The van der Waals surface area contributed by atoms with E-state index in [1.54, 1.807) is 6.07 Å². The molecule has 3 rings (SSSR count). The Morgan fingerprint density at radius 3 is 2.48 bits per heavy atom. The number of nitrogens with one attached hydrogen (secondary N) is 1. The SMILES string of the molecule is CC(=NNc1cc(-c2ccccc2)nc(C)n1)c1ccc(O)c(C)c1. The van der Waals surface area contributed by atoms with Gasteiger partial charge < -0.3 is 5.11 Å². The van der Waals surface area contributed by atoms with Gasteiger partial charge in [0.1, 0.15) is 17.4 Å². The minimum atomic E-state index is 0.281. The van der Waals surface area contributed by atoms with Gasteiger partial charge in [0.05, 0.1) is 11.4 Å².